The summed E-state index contributed by atoms with van der Waals surface area (Å²) in [6, 6.07) is 6.13. The minimum atomic E-state index is -0.385. The zero-order chi connectivity index (χ0) is 13.4. The largest absolute Gasteiger partial charge is 0.338 e. The zero-order valence-electron chi connectivity index (χ0n) is 9.31. The van der Waals surface area contributed by atoms with Crippen molar-refractivity contribution in [2.24, 2.45) is 0 Å². The van der Waals surface area contributed by atoms with Gasteiger partial charge in [-0.25, -0.2) is 4.39 Å². The molecule has 1 aromatic carbocycles. The molecular formula is C11H6BrClFN5. The number of benzene rings is 1. The maximum absolute atomic E-state index is 13.7. The van der Waals surface area contributed by atoms with E-state index in [1.165, 1.54) is 16.9 Å². The van der Waals surface area contributed by atoms with Crippen LogP contribution in [0, 0.1) is 5.82 Å². The van der Waals surface area contributed by atoms with Gasteiger partial charge in [0, 0.05) is 10.5 Å². The number of hydrogen-bond acceptors (Lipinski definition) is 4. The van der Waals surface area contributed by atoms with Gasteiger partial charge in [0.15, 0.2) is 0 Å². The van der Waals surface area contributed by atoms with Gasteiger partial charge in [-0.3, -0.25) is 0 Å². The van der Waals surface area contributed by atoms with Crippen LogP contribution < -0.4 is 5.32 Å². The summed E-state index contributed by atoms with van der Waals surface area (Å²) in [5.41, 5.74) is 0.299. The first kappa shape index (κ1) is 12.3. The second kappa shape index (κ2) is 4.75. The number of aromatic nitrogens is 4. The van der Waals surface area contributed by atoms with E-state index in [-0.39, 0.29) is 11.0 Å². The van der Waals surface area contributed by atoms with Crippen molar-refractivity contribution in [1.82, 2.24) is 19.6 Å². The highest BCUT2D eigenvalue weighted by molar-refractivity contribution is 9.10. The van der Waals surface area contributed by atoms with Crippen LogP contribution in [0.15, 0.2) is 35.1 Å². The van der Waals surface area contributed by atoms with Gasteiger partial charge in [0.25, 0.3) is 5.78 Å². The molecule has 2 heterocycles. The van der Waals surface area contributed by atoms with Crippen LogP contribution >= 0.6 is 27.5 Å². The Morgan fingerprint density at radius 1 is 1.32 bits per heavy atom. The molecular weight excluding hydrogens is 337 g/mol. The van der Waals surface area contributed by atoms with E-state index in [0.717, 1.165) is 4.47 Å². The number of anilines is 2. The molecule has 0 amide bonds. The Hall–Kier alpha value is -1.73. The third-order valence-corrected chi connectivity index (χ3v) is 3.10. The van der Waals surface area contributed by atoms with Crippen molar-refractivity contribution in [3.63, 3.8) is 0 Å². The summed E-state index contributed by atoms with van der Waals surface area (Å²) in [7, 11) is 0. The Balaban J connectivity index is 2.10. The van der Waals surface area contributed by atoms with E-state index >= 15 is 0 Å². The molecule has 0 aliphatic carbocycles. The monoisotopic (exact) mass is 341 g/mol. The zero-order valence-corrected chi connectivity index (χ0v) is 11.7. The number of fused-ring (bicyclic) bond motifs is 1. The summed E-state index contributed by atoms with van der Waals surface area (Å²) in [6.45, 7) is 0. The lowest BCUT2D eigenvalue weighted by Gasteiger charge is -2.09. The Morgan fingerprint density at radius 2 is 2.16 bits per heavy atom. The molecule has 3 aromatic rings. The number of halogens is 3. The van der Waals surface area contributed by atoms with Crippen LogP contribution in [0.5, 0.6) is 0 Å². The Labute approximate surface area is 120 Å². The molecule has 1 N–H and O–H groups in total. The molecule has 0 atom stereocenters. The molecule has 0 aliphatic rings. The molecule has 0 spiro atoms. The van der Waals surface area contributed by atoms with Crippen molar-refractivity contribution in [3.05, 3.63) is 46.0 Å². The van der Waals surface area contributed by atoms with Crippen LogP contribution in [0.1, 0.15) is 0 Å². The Bertz CT molecular complexity index is 760. The Morgan fingerprint density at radius 3 is 3.00 bits per heavy atom. The molecule has 0 aliphatic heterocycles. The van der Waals surface area contributed by atoms with Crippen molar-refractivity contribution in [1.29, 1.82) is 0 Å². The van der Waals surface area contributed by atoms with Gasteiger partial charge in [-0.15, -0.1) is 0 Å². The quantitative estimate of drug-likeness (QED) is 0.725. The fourth-order valence-electron chi connectivity index (χ4n) is 1.60. The molecule has 0 saturated heterocycles. The molecule has 0 saturated carbocycles. The van der Waals surface area contributed by atoms with Crippen molar-refractivity contribution in [3.8, 4) is 0 Å². The number of nitrogens with zero attached hydrogens (tertiary/aromatic N) is 4. The van der Waals surface area contributed by atoms with E-state index in [1.807, 2.05) is 0 Å². The van der Waals surface area contributed by atoms with E-state index in [4.69, 9.17) is 11.6 Å². The number of rotatable bonds is 2. The highest BCUT2D eigenvalue weighted by atomic mass is 79.9. The summed E-state index contributed by atoms with van der Waals surface area (Å²) in [6.07, 6.45) is 1.35. The Kier molecular flexibility index (Phi) is 3.08. The van der Waals surface area contributed by atoms with E-state index in [9.17, 15) is 4.39 Å². The van der Waals surface area contributed by atoms with Gasteiger partial charge in [0.05, 0.1) is 5.69 Å². The second-order valence-electron chi connectivity index (χ2n) is 3.69. The molecule has 19 heavy (non-hydrogen) atoms. The summed E-state index contributed by atoms with van der Waals surface area (Å²) in [4.78, 5) is 7.92. The van der Waals surface area contributed by atoms with E-state index < -0.39 is 0 Å². The van der Waals surface area contributed by atoms with Crippen LogP contribution in [0.2, 0.25) is 5.15 Å². The normalized spacial score (nSPS) is 10.9. The second-order valence-corrected chi connectivity index (χ2v) is 4.99. The molecule has 2 aromatic heterocycles. The highest BCUT2D eigenvalue weighted by Crippen LogP contribution is 2.24. The predicted octanol–water partition coefficient (Wildman–Crippen LogP) is 3.42. The van der Waals surface area contributed by atoms with E-state index in [1.54, 1.807) is 18.2 Å². The molecule has 0 fully saturated rings. The van der Waals surface area contributed by atoms with Gasteiger partial charge >= 0.3 is 0 Å². The minimum absolute atomic E-state index is 0.249. The van der Waals surface area contributed by atoms with Crippen LogP contribution in [-0.2, 0) is 0 Å². The smallest absolute Gasteiger partial charge is 0.255 e. The molecule has 3 rings (SSSR count). The summed E-state index contributed by atoms with van der Waals surface area (Å²) in [5.74, 6) is 0.430. The van der Waals surface area contributed by atoms with E-state index in [2.05, 4.69) is 36.3 Å². The molecule has 0 unspecified atom stereocenters. The van der Waals surface area contributed by atoms with Crippen LogP contribution in [-0.4, -0.2) is 19.6 Å². The first-order valence-corrected chi connectivity index (χ1v) is 6.39. The average Bonchev–Trinajstić information content (AvgIpc) is 2.82. The van der Waals surface area contributed by atoms with E-state index in [0.29, 0.717) is 17.3 Å². The standard InChI is InChI=1S/C11H6BrClFN5/c12-6-1-2-7(14)8(3-6)17-10-4-9(13)18-11-15-5-16-19(10)11/h1-5,17H. The summed E-state index contributed by atoms with van der Waals surface area (Å²) >= 11 is 9.17. The van der Waals surface area contributed by atoms with Gasteiger partial charge in [-0.1, -0.05) is 27.5 Å². The SMILES string of the molecule is Fc1ccc(Br)cc1Nc1cc(Cl)nc2ncnn12. The van der Waals surface area contributed by atoms with Crippen LogP contribution in [0.4, 0.5) is 15.9 Å². The first-order valence-electron chi connectivity index (χ1n) is 5.22. The maximum atomic E-state index is 13.7. The van der Waals surface area contributed by atoms with Crippen LogP contribution in [0.3, 0.4) is 0 Å². The molecule has 8 heteroatoms. The van der Waals surface area contributed by atoms with Crippen LogP contribution in [0.25, 0.3) is 5.78 Å². The highest BCUT2D eigenvalue weighted by Gasteiger charge is 2.09. The summed E-state index contributed by atoms with van der Waals surface area (Å²) < 4.78 is 15.9. The summed E-state index contributed by atoms with van der Waals surface area (Å²) in [5, 5.41) is 7.16. The van der Waals surface area contributed by atoms with Gasteiger partial charge in [-0.2, -0.15) is 19.6 Å². The van der Waals surface area contributed by atoms with Gasteiger partial charge in [0.1, 0.15) is 23.1 Å². The molecule has 0 bridgehead atoms. The number of hydrogen-bond donors (Lipinski definition) is 1. The lowest BCUT2D eigenvalue weighted by molar-refractivity contribution is 0.631. The van der Waals surface area contributed by atoms with Crippen molar-refractivity contribution < 1.29 is 4.39 Å². The average molecular weight is 343 g/mol. The molecule has 5 nitrogen and oxygen atoms in total. The first-order chi connectivity index (χ1) is 9.13. The lowest BCUT2D eigenvalue weighted by atomic mass is 10.3. The maximum Gasteiger partial charge on any atom is 0.255 e. The topological polar surface area (TPSA) is 55.1 Å². The molecule has 0 radical (unpaired) electrons. The minimum Gasteiger partial charge on any atom is -0.338 e. The lowest BCUT2D eigenvalue weighted by Crippen LogP contribution is -2.03. The van der Waals surface area contributed by atoms with Gasteiger partial charge in [-0.05, 0) is 18.2 Å². The van der Waals surface area contributed by atoms with Gasteiger partial charge in [0.2, 0.25) is 0 Å². The number of nitrogens with one attached hydrogen (secondary N) is 1. The van der Waals surface area contributed by atoms with Crippen molar-refractivity contribution >= 4 is 44.8 Å². The predicted molar refractivity (Wildman–Crippen MR) is 73.2 cm³/mol. The van der Waals surface area contributed by atoms with Crippen molar-refractivity contribution in [2.45, 2.75) is 0 Å². The van der Waals surface area contributed by atoms with Gasteiger partial charge < -0.3 is 5.32 Å². The fourth-order valence-corrected chi connectivity index (χ4v) is 2.14. The fraction of sp³-hybridized carbons (Fsp3) is 0. The van der Waals surface area contributed by atoms with Crippen molar-refractivity contribution in [2.75, 3.05) is 5.32 Å². The third kappa shape index (κ3) is 2.39. The molecule has 96 valence electrons. The third-order valence-electron chi connectivity index (χ3n) is 2.41.